The van der Waals surface area contributed by atoms with Crippen molar-refractivity contribution in [3.63, 3.8) is 0 Å². The molecule has 0 amide bonds. The predicted molar refractivity (Wildman–Crippen MR) is 107 cm³/mol. The maximum atomic E-state index is 13.0. The van der Waals surface area contributed by atoms with E-state index in [1.54, 1.807) is 0 Å². The third kappa shape index (κ3) is 3.54. The first-order valence-corrected chi connectivity index (χ1v) is 9.78. The molecule has 0 radical (unpaired) electrons. The maximum absolute atomic E-state index is 13.0. The minimum Gasteiger partial charge on any atom is -0.298 e. The van der Waals surface area contributed by atoms with Crippen LogP contribution in [0.5, 0.6) is 0 Å². The van der Waals surface area contributed by atoms with Crippen molar-refractivity contribution in [1.29, 1.82) is 0 Å². The van der Waals surface area contributed by atoms with Crippen molar-refractivity contribution in [3.8, 4) is 0 Å². The van der Waals surface area contributed by atoms with E-state index in [1.807, 2.05) is 18.4 Å². The van der Waals surface area contributed by atoms with Gasteiger partial charge in [-0.3, -0.25) is 19.2 Å². The lowest BCUT2D eigenvalue weighted by Crippen LogP contribution is -2.48. The van der Waals surface area contributed by atoms with Gasteiger partial charge in [-0.1, -0.05) is 39.3 Å². The van der Waals surface area contributed by atoms with Gasteiger partial charge in [0.25, 0.3) is 5.56 Å². The smallest absolute Gasteiger partial charge is 0.259 e. The van der Waals surface area contributed by atoms with Crippen LogP contribution in [0.4, 0.5) is 11.6 Å². The zero-order valence-corrected chi connectivity index (χ0v) is 16.5. The molecule has 1 aliphatic rings. The Hall–Kier alpha value is -2.14. The van der Waals surface area contributed by atoms with Gasteiger partial charge >= 0.3 is 0 Å². The Balaban J connectivity index is 2.07. The van der Waals surface area contributed by atoms with E-state index >= 15 is 0 Å². The predicted octanol–water partition coefficient (Wildman–Crippen LogP) is 3.85. The fourth-order valence-corrected chi connectivity index (χ4v) is 3.57. The van der Waals surface area contributed by atoms with Crippen molar-refractivity contribution in [2.45, 2.75) is 60.0 Å². The molecular weight excluding hydrogens is 324 g/mol. The van der Waals surface area contributed by atoms with Crippen LogP contribution in [-0.4, -0.2) is 27.7 Å². The van der Waals surface area contributed by atoms with Crippen molar-refractivity contribution in [3.05, 3.63) is 51.4 Å². The molecule has 0 bridgehead atoms. The summed E-state index contributed by atoms with van der Waals surface area (Å²) in [6.07, 6.45) is 4.02. The van der Waals surface area contributed by atoms with E-state index in [4.69, 9.17) is 4.98 Å². The molecule has 0 saturated heterocycles. The van der Waals surface area contributed by atoms with Gasteiger partial charge in [-0.2, -0.15) is 0 Å². The molecule has 1 aromatic heterocycles. The van der Waals surface area contributed by atoms with Gasteiger partial charge in [0.15, 0.2) is 0 Å². The second-order valence-electron chi connectivity index (χ2n) is 7.04. The summed E-state index contributed by atoms with van der Waals surface area (Å²) in [5, 5.41) is 0. The number of aromatic nitrogens is 2. The van der Waals surface area contributed by atoms with Gasteiger partial charge in [-0.15, -0.1) is 0 Å². The highest BCUT2D eigenvalue weighted by Crippen LogP contribution is 2.28. The summed E-state index contributed by atoms with van der Waals surface area (Å²) in [5.41, 5.74) is 4.18. The molecule has 0 aliphatic carbocycles. The number of hydrogen-bond donors (Lipinski definition) is 0. The highest BCUT2D eigenvalue weighted by Gasteiger charge is 2.27. The molecule has 0 N–H and O–H groups in total. The van der Waals surface area contributed by atoms with Gasteiger partial charge < -0.3 is 0 Å². The average molecular weight is 354 g/mol. The maximum Gasteiger partial charge on any atom is 0.259 e. The number of anilines is 2. The summed E-state index contributed by atoms with van der Waals surface area (Å²) in [4.78, 5) is 22.4. The van der Waals surface area contributed by atoms with Crippen LogP contribution in [0.1, 0.15) is 50.4 Å². The molecule has 5 nitrogen and oxygen atoms in total. The third-order valence-electron chi connectivity index (χ3n) is 5.21. The highest BCUT2D eigenvalue weighted by atomic mass is 16.1. The van der Waals surface area contributed by atoms with Crippen molar-refractivity contribution in [2.24, 2.45) is 0 Å². The molecule has 26 heavy (non-hydrogen) atoms. The fraction of sp³-hybridized carbons (Fsp3) is 0.524. The van der Waals surface area contributed by atoms with E-state index < -0.39 is 0 Å². The minimum absolute atomic E-state index is 0.103. The molecule has 5 heteroatoms. The topological polar surface area (TPSA) is 41.4 Å². The van der Waals surface area contributed by atoms with Crippen LogP contribution in [0, 0.1) is 6.92 Å². The van der Waals surface area contributed by atoms with Crippen molar-refractivity contribution >= 4 is 11.6 Å². The standard InChI is InChI=1S/C21H30N4O/c1-5-8-13-23-14-24(18-11-9-17(6-2)10-12-18)21-22-16(4)19(7-3)20(26)25(21)15-23/h9-12H,5-8,13-15H2,1-4H3. The lowest BCUT2D eigenvalue weighted by atomic mass is 10.1. The van der Waals surface area contributed by atoms with E-state index in [0.29, 0.717) is 6.67 Å². The number of rotatable bonds is 6. The van der Waals surface area contributed by atoms with Gasteiger partial charge in [0.05, 0.1) is 13.3 Å². The van der Waals surface area contributed by atoms with Crippen molar-refractivity contribution in [2.75, 3.05) is 18.1 Å². The Bertz CT molecular complexity index is 810. The van der Waals surface area contributed by atoms with Crippen molar-refractivity contribution < 1.29 is 0 Å². The number of aryl methyl sites for hydroxylation is 2. The van der Waals surface area contributed by atoms with Crippen LogP contribution in [0.15, 0.2) is 29.1 Å². The second kappa shape index (κ2) is 8.04. The molecule has 0 saturated carbocycles. The molecule has 1 aromatic carbocycles. The number of unbranched alkanes of at least 4 members (excludes halogenated alkanes) is 1. The van der Waals surface area contributed by atoms with Gasteiger partial charge in [0, 0.05) is 23.5 Å². The molecule has 0 atom stereocenters. The lowest BCUT2D eigenvalue weighted by molar-refractivity contribution is 0.195. The summed E-state index contributed by atoms with van der Waals surface area (Å²) in [7, 11) is 0. The first-order chi connectivity index (χ1) is 12.6. The Kier molecular flexibility index (Phi) is 5.77. The SMILES string of the molecule is CCCCN1CN(c2ccc(CC)cc2)c2nc(C)c(CC)c(=O)n2C1. The van der Waals surface area contributed by atoms with E-state index in [2.05, 4.69) is 47.9 Å². The van der Waals surface area contributed by atoms with Crippen LogP contribution >= 0.6 is 0 Å². The summed E-state index contributed by atoms with van der Waals surface area (Å²) >= 11 is 0. The van der Waals surface area contributed by atoms with Gasteiger partial charge in [0.1, 0.15) is 0 Å². The highest BCUT2D eigenvalue weighted by molar-refractivity contribution is 5.59. The van der Waals surface area contributed by atoms with Crippen LogP contribution in [0.25, 0.3) is 0 Å². The van der Waals surface area contributed by atoms with Gasteiger partial charge in [0.2, 0.25) is 5.95 Å². The zero-order valence-electron chi connectivity index (χ0n) is 16.5. The molecule has 2 heterocycles. The molecule has 1 aliphatic heterocycles. The molecule has 0 unspecified atom stereocenters. The molecule has 0 spiro atoms. The zero-order chi connectivity index (χ0) is 18.7. The molecule has 0 fully saturated rings. The Morgan fingerprint density at radius 2 is 1.77 bits per heavy atom. The molecule has 3 rings (SSSR count). The Labute approximate surface area is 156 Å². The van der Waals surface area contributed by atoms with Crippen LogP contribution in [0.3, 0.4) is 0 Å². The quantitative estimate of drug-likeness (QED) is 0.790. The number of benzene rings is 1. The summed E-state index contributed by atoms with van der Waals surface area (Å²) in [6.45, 7) is 10.7. The minimum atomic E-state index is 0.103. The molecule has 2 aromatic rings. The van der Waals surface area contributed by atoms with Gasteiger partial charge in [-0.05, 0) is 43.9 Å². The van der Waals surface area contributed by atoms with E-state index in [-0.39, 0.29) is 5.56 Å². The Morgan fingerprint density at radius 1 is 1.04 bits per heavy atom. The molecular formula is C21H30N4O. The largest absolute Gasteiger partial charge is 0.298 e. The molecule has 140 valence electrons. The fourth-order valence-electron chi connectivity index (χ4n) is 3.57. The average Bonchev–Trinajstić information content (AvgIpc) is 2.66. The van der Waals surface area contributed by atoms with Gasteiger partial charge in [-0.25, -0.2) is 4.98 Å². The summed E-state index contributed by atoms with van der Waals surface area (Å²) in [6, 6.07) is 8.61. The lowest BCUT2D eigenvalue weighted by Gasteiger charge is -2.38. The number of hydrogen-bond acceptors (Lipinski definition) is 4. The second-order valence-corrected chi connectivity index (χ2v) is 7.04. The normalized spacial score (nSPS) is 14.5. The van der Waals surface area contributed by atoms with E-state index in [0.717, 1.165) is 61.8 Å². The Morgan fingerprint density at radius 3 is 2.38 bits per heavy atom. The monoisotopic (exact) mass is 354 g/mol. The number of nitrogens with zero attached hydrogens (tertiary/aromatic N) is 4. The van der Waals surface area contributed by atoms with Crippen LogP contribution < -0.4 is 10.5 Å². The summed E-state index contributed by atoms with van der Waals surface area (Å²) < 4.78 is 1.85. The first kappa shape index (κ1) is 18.6. The van der Waals surface area contributed by atoms with E-state index in [9.17, 15) is 4.79 Å². The van der Waals surface area contributed by atoms with E-state index in [1.165, 1.54) is 5.56 Å². The third-order valence-corrected chi connectivity index (χ3v) is 5.21. The first-order valence-electron chi connectivity index (χ1n) is 9.78. The van der Waals surface area contributed by atoms with Crippen molar-refractivity contribution in [1.82, 2.24) is 14.5 Å². The summed E-state index contributed by atoms with van der Waals surface area (Å²) in [5.74, 6) is 0.765. The van der Waals surface area contributed by atoms with Crippen LogP contribution in [-0.2, 0) is 19.5 Å². The van der Waals surface area contributed by atoms with Crippen LogP contribution in [0.2, 0.25) is 0 Å². The number of fused-ring (bicyclic) bond motifs is 1.